The molecule has 0 saturated carbocycles. The van der Waals surface area contributed by atoms with Crippen LogP contribution >= 0.6 is 27.5 Å². The van der Waals surface area contributed by atoms with Crippen molar-refractivity contribution in [1.29, 1.82) is 0 Å². The first kappa shape index (κ1) is 15.6. The number of hydrogen-bond acceptors (Lipinski definition) is 5. The van der Waals surface area contributed by atoms with Crippen molar-refractivity contribution in [2.24, 2.45) is 0 Å². The Bertz CT molecular complexity index is 865. The minimum absolute atomic E-state index is 0.666. The molecule has 0 bridgehead atoms. The molecule has 2 aromatic heterocycles. The van der Waals surface area contributed by atoms with Gasteiger partial charge in [0.2, 0.25) is 0 Å². The van der Waals surface area contributed by atoms with Crippen molar-refractivity contribution in [3.63, 3.8) is 0 Å². The molecule has 1 aliphatic rings. The Labute approximate surface area is 153 Å². The fourth-order valence-electron chi connectivity index (χ4n) is 3.08. The van der Waals surface area contributed by atoms with Gasteiger partial charge in [0.05, 0.1) is 10.5 Å². The number of aromatic nitrogens is 3. The van der Waals surface area contributed by atoms with Crippen molar-refractivity contribution >= 4 is 49.9 Å². The first-order valence-corrected chi connectivity index (χ1v) is 8.91. The highest BCUT2D eigenvalue weighted by Gasteiger charge is 2.20. The molecule has 24 heavy (non-hydrogen) atoms. The smallest absolute Gasteiger partial charge is 0.151 e. The summed E-state index contributed by atoms with van der Waals surface area (Å²) >= 11 is 9.87. The third-order valence-corrected chi connectivity index (χ3v) is 4.99. The summed E-state index contributed by atoms with van der Waals surface area (Å²) < 4.78 is 0.965. The zero-order valence-electron chi connectivity index (χ0n) is 12.9. The Kier molecular flexibility index (Phi) is 4.24. The van der Waals surface area contributed by atoms with E-state index in [1.54, 1.807) is 6.20 Å². The van der Waals surface area contributed by atoms with E-state index in [0.29, 0.717) is 5.02 Å². The van der Waals surface area contributed by atoms with Crippen molar-refractivity contribution < 1.29 is 0 Å². The fraction of sp³-hybridized carbons (Fsp3) is 0.235. The summed E-state index contributed by atoms with van der Waals surface area (Å²) in [6.45, 7) is 3.65. The number of halogens is 2. The minimum atomic E-state index is 0.666. The second-order valence-corrected chi connectivity index (χ2v) is 6.99. The van der Waals surface area contributed by atoms with Crippen LogP contribution in [0, 0.1) is 0 Å². The Morgan fingerprint density at radius 3 is 2.54 bits per heavy atom. The maximum atomic E-state index is 6.34. The normalized spacial score (nSPS) is 15.1. The van der Waals surface area contributed by atoms with Crippen molar-refractivity contribution in [2.75, 3.05) is 36.0 Å². The second kappa shape index (κ2) is 6.53. The largest absolute Gasteiger partial charge is 0.367 e. The number of nitrogens with zero attached hydrogens (tertiary/aromatic N) is 5. The summed E-state index contributed by atoms with van der Waals surface area (Å²) in [7, 11) is 0. The molecule has 1 fully saturated rings. The van der Waals surface area contributed by atoms with Gasteiger partial charge in [-0.05, 0) is 30.3 Å². The van der Waals surface area contributed by atoms with Gasteiger partial charge in [-0.15, -0.1) is 5.10 Å². The first-order valence-electron chi connectivity index (χ1n) is 7.74. The Morgan fingerprint density at radius 2 is 1.79 bits per heavy atom. The zero-order valence-corrected chi connectivity index (χ0v) is 15.2. The van der Waals surface area contributed by atoms with Crippen LogP contribution in [0.25, 0.3) is 10.9 Å². The maximum Gasteiger partial charge on any atom is 0.151 e. The number of fused-ring (bicyclic) bond motifs is 1. The number of hydrogen-bond donors (Lipinski definition) is 0. The minimum Gasteiger partial charge on any atom is -0.367 e. The number of benzene rings is 1. The quantitative estimate of drug-likeness (QED) is 0.650. The van der Waals surface area contributed by atoms with Gasteiger partial charge in [0.15, 0.2) is 5.82 Å². The molecule has 1 aliphatic heterocycles. The van der Waals surface area contributed by atoms with Crippen LogP contribution in [0.5, 0.6) is 0 Å². The van der Waals surface area contributed by atoms with Gasteiger partial charge in [0, 0.05) is 54.1 Å². The van der Waals surface area contributed by atoms with Crippen molar-refractivity contribution in [1.82, 2.24) is 15.2 Å². The summed E-state index contributed by atoms with van der Waals surface area (Å²) in [6, 6.07) is 9.94. The lowest BCUT2D eigenvalue weighted by molar-refractivity contribution is 0.645. The lowest BCUT2D eigenvalue weighted by atomic mass is 10.1. The molecular weight excluding hydrogens is 390 g/mol. The third kappa shape index (κ3) is 2.91. The predicted octanol–water partition coefficient (Wildman–Crippen LogP) is 3.77. The molecule has 122 valence electrons. The van der Waals surface area contributed by atoms with Crippen LogP contribution in [0.4, 0.5) is 11.5 Å². The third-order valence-electron chi connectivity index (χ3n) is 4.24. The van der Waals surface area contributed by atoms with E-state index < -0.39 is 0 Å². The highest BCUT2D eigenvalue weighted by Crippen LogP contribution is 2.33. The average Bonchev–Trinajstić information content (AvgIpc) is 2.62. The predicted molar refractivity (Wildman–Crippen MR) is 101 cm³/mol. The van der Waals surface area contributed by atoms with Crippen LogP contribution in [-0.4, -0.2) is 41.4 Å². The summed E-state index contributed by atoms with van der Waals surface area (Å²) in [5.74, 6) is 0.933. The highest BCUT2D eigenvalue weighted by atomic mass is 79.9. The van der Waals surface area contributed by atoms with Gasteiger partial charge in [-0.1, -0.05) is 27.5 Å². The summed E-state index contributed by atoms with van der Waals surface area (Å²) in [5, 5.41) is 9.90. The van der Waals surface area contributed by atoms with Crippen LogP contribution in [0.2, 0.25) is 5.02 Å². The first-order chi connectivity index (χ1) is 11.7. The second-order valence-electron chi connectivity index (χ2n) is 5.67. The Morgan fingerprint density at radius 1 is 1.00 bits per heavy atom. The monoisotopic (exact) mass is 403 g/mol. The molecule has 0 unspecified atom stereocenters. The lowest BCUT2D eigenvalue weighted by Gasteiger charge is -2.36. The average molecular weight is 405 g/mol. The van der Waals surface area contributed by atoms with Gasteiger partial charge >= 0.3 is 0 Å². The van der Waals surface area contributed by atoms with Crippen LogP contribution < -0.4 is 9.80 Å². The number of piperazine rings is 1. The van der Waals surface area contributed by atoms with Gasteiger partial charge in [-0.3, -0.25) is 4.98 Å². The van der Waals surface area contributed by atoms with E-state index in [4.69, 9.17) is 11.6 Å². The molecule has 7 heteroatoms. The van der Waals surface area contributed by atoms with Crippen LogP contribution in [0.1, 0.15) is 0 Å². The lowest BCUT2D eigenvalue weighted by Crippen LogP contribution is -2.47. The molecule has 3 heterocycles. The molecule has 1 aromatic carbocycles. The zero-order chi connectivity index (χ0) is 16.5. The molecule has 1 saturated heterocycles. The SMILES string of the molecule is Clc1cc(Br)cc2c(N3CCN(c4cccnn4)CC3)ccnc12. The van der Waals surface area contributed by atoms with E-state index >= 15 is 0 Å². The standard InChI is InChI=1S/C17H15BrClN5/c18-12-10-13-15(3-5-20-17(13)14(19)11-12)23-6-8-24(9-7-23)16-2-1-4-21-22-16/h1-5,10-11H,6-9H2. The van der Waals surface area contributed by atoms with Crippen molar-refractivity contribution in [2.45, 2.75) is 0 Å². The molecule has 5 nitrogen and oxygen atoms in total. The number of pyridine rings is 1. The van der Waals surface area contributed by atoms with E-state index in [1.807, 2.05) is 24.4 Å². The Balaban J connectivity index is 1.61. The molecule has 0 radical (unpaired) electrons. The molecule has 4 rings (SSSR count). The number of anilines is 2. The van der Waals surface area contributed by atoms with Crippen LogP contribution in [0.3, 0.4) is 0 Å². The van der Waals surface area contributed by atoms with E-state index in [2.05, 4.69) is 53.0 Å². The van der Waals surface area contributed by atoms with Gasteiger partial charge < -0.3 is 9.80 Å². The Hall–Kier alpha value is -1.92. The molecule has 0 spiro atoms. The van der Waals surface area contributed by atoms with E-state index in [1.165, 1.54) is 5.69 Å². The number of rotatable bonds is 2. The van der Waals surface area contributed by atoms with Gasteiger partial charge in [0.1, 0.15) is 0 Å². The molecule has 3 aromatic rings. The maximum absolute atomic E-state index is 6.34. The highest BCUT2D eigenvalue weighted by molar-refractivity contribution is 9.10. The van der Waals surface area contributed by atoms with E-state index in [-0.39, 0.29) is 0 Å². The van der Waals surface area contributed by atoms with Crippen molar-refractivity contribution in [3.05, 3.63) is 52.2 Å². The summed E-state index contributed by atoms with van der Waals surface area (Å²) in [4.78, 5) is 9.07. The molecule has 0 amide bonds. The van der Waals surface area contributed by atoms with Crippen LogP contribution in [0.15, 0.2) is 47.2 Å². The van der Waals surface area contributed by atoms with E-state index in [0.717, 1.165) is 47.4 Å². The molecular formula is C17H15BrClN5. The van der Waals surface area contributed by atoms with Gasteiger partial charge in [-0.2, -0.15) is 5.10 Å². The summed E-state index contributed by atoms with van der Waals surface area (Å²) in [5.41, 5.74) is 2.01. The fourth-order valence-corrected chi connectivity index (χ4v) is 3.94. The van der Waals surface area contributed by atoms with Gasteiger partial charge in [0.25, 0.3) is 0 Å². The summed E-state index contributed by atoms with van der Waals surface area (Å²) in [6.07, 6.45) is 3.52. The topological polar surface area (TPSA) is 45.2 Å². The van der Waals surface area contributed by atoms with E-state index in [9.17, 15) is 0 Å². The molecule has 0 aliphatic carbocycles. The van der Waals surface area contributed by atoms with Crippen LogP contribution in [-0.2, 0) is 0 Å². The van der Waals surface area contributed by atoms with Gasteiger partial charge in [-0.25, -0.2) is 0 Å². The molecule has 0 atom stereocenters. The molecule has 0 N–H and O–H groups in total. The van der Waals surface area contributed by atoms with Crippen molar-refractivity contribution in [3.8, 4) is 0 Å².